The van der Waals surface area contributed by atoms with Crippen molar-refractivity contribution in [3.63, 3.8) is 0 Å². The van der Waals surface area contributed by atoms with Gasteiger partial charge in [-0.3, -0.25) is 0 Å². The zero-order valence-corrected chi connectivity index (χ0v) is 23.6. The molecule has 0 bridgehead atoms. The molecule has 7 rings (SSSR count). The second-order valence-corrected chi connectivity index (χ2v) is 8.75. The monoisotopic (exact) mass is 692 g/mol. The van der Waals surface area contributed by atoms with Crippen molar-refractivity contribution in [1.82, 2.24) is 9.97 Å². The number of nitrogens with zero attached hydrogens (tertiary/aromatic N) is 3. The first-order valence-corrected chi connectivity index (χ1v) is 12.4. The van der Waals surface area contributed by atoms with Gasteiger partial charge in [-0.1, -0.05) is 71.6 Å². The van der Waals surface area contributed by atoms with Gasteiger partial charge in [-0.25, -0.2) is 4.85 Å². The molecule has 4 nitrogen and oxygen atoms in total. The molecule has 0 aliphatic heterocycles. The molecule has 3 heterocycles. The molecule has 7 aromatic rings. The number of hydrogen-bond acceptors (Lipinski definition) is 3. The maximum absolute atomic E-state index is 7.44. The van der Waals surface area contributed by atoms with Crippen LogP contribution < -0.4 is 0 Å². The molecule has 193 valence electrons. The molecular formula is C35H21IrN3O-2. The molecule has 1 radical (unpaired) electrons. The Kier molecular flexibility index (Phi) is 8.23. The van der Waals surface area contributed by atoms with Crippen molar-refractivity contribution in [3.05, 3.63) is 151 Å². The minimum atomic E-state index is 0. The van der Waals surface area contributed by atoms with Gasteiger partial charge in [-0.2, -0.15) is 0 Å². The third-order valence-corrected chi connectivity index (χ3v) is 6.33. The zero-order valence-electron chi connectivity index (χ0n) is 21.2. The van der Waals surface area contributed by atoms with E-state index in [1.807, 2.05) is 103 Å². The number of pyridine rings is 2. The smallest absolute Gasteiger partial charge is 0.197 e. The van der Waals surface area contributed by atoms with Gasteiger partial charge >= 0.3 is 0 Å². The van der Waals surface area contributed by atoms with Crippen LogP contribution in [-0.2, 0) is 20.1 Å². The van der Waals surface area contributed by atoms with Crippen molar-refractivity contribution in [1.29, 1.82) is 0 Å². The SMILES string of the molecule is [C-]#[N+]c1cccc2oc3c(-c4cc(-c5ccccc5)ccn4)[c-]ccc3c12.[Ir].[c-]1ccccc1-c1ccccn1. The molecule has 0 amide bonds. The van der Waals surface area contributed by atoms with Crippen molar-refractivity contribution in [2.75, 3.05) is 0 Å². The van der Waals surface area contributed by atoms with Crippen molar-refractivity contribution in [3.8, 4) is 33.6 Å². The summed E-state index contributed by atoms with van der Waals surface area (Å²) < 4.78 is 6.11. The maximum atomic E-state index is 7.44. The molecule has 0 saturated heterocycles. The van der Waals surface area contributed by atoms with Gasteiger partial charge in [0.1, 0.15) is 5.58 Å². The van der Waals surface area contributed by atoms with Crippen LogP contribution in [0.1, 0.15) is 0 Å². The van der Waals surface area contributed by atoms with E-state index in [1.54, 1.807) is 12.4 Å². The maximum Gasteiger partial charge on any atom is 0.197 e. The van der Waals surface area contributed by atoms with Gasteiger partial charge in [0.25, 0.3) is 0 Å². The molecule has 3 aromatic heterocycles. The standard InChI is InChI=1S/C24H13N2O.C11H8N.Ir/c1-25-20-11-6-12-22-23(20)19-10-5-9-18(24(19)27-22)21-15-17(13-14-26-21)16-7-3-2-4-8-16;1-2-6-10(7-3-1)11-8-4-5-9-12-11;/h2-8,10-15H;1-6,8-9H;/q2*-1;. The molecule has 0 saturated carbocycles. The van der Waals surface area contributed by atoms with Crippen LogP contribution in [0.3, 0.4) is 0 Å². The summed E-state index contributed by atoms with van der Waals surface area (Å²) in [5, 5.41) is 1.76. The quantitative estimate of drug-likeness (QED) is 0.174. The Bertz CT molecular complexity index is 1870. The van der Waals surface area contributed by atoms with Crippen molar-refractivity contribution in [2.45, 2.75) is 0 Å². The first kappa shape index (κ1) is 26.7. The van der Waals surface area contributed by atoms with Crippen LogP contribution in [0.4, 0.5) is 5.69 Å². The van der Waals surface area contributed by atoms with Gasteiger partial charge in [0.15, 0.2) is 5.69 Å². The predicted molar refractivity (Wildman–Crippen MR) is 156 cm³/mol. The van der Waals surface area contributed by atoms with Crippen LogP contribution >= 0.6 is 0 Å². The van der Waals surface area contributed by atoms with Crippen molar-refractivity contribution < 1.29 is 24.5 Å². The largest absolute Gasteiger partial charge is 0.502 e. The Labute approximate surface area is 246 Å². The molecule has 0 unspecified atom stereocenters. The summed E-state index contributed by atoms with van der Waals surface area (Å²) in [6, 6.07) is 43.7. The first-order chi connectivity index (χ1) is 19.3. The molecule has 0 aliphatic rings. The summed E-state index contributed by atoms with van der Waals surface area (Å²) >= 11 is 0. The van der Waals surface area contributed by atoms with Crippen LogP contribution in [0.2, 0.25) is 0 Å². The number of fused-ring (bicyclic) bond motifs is 3. The average Bonchev–Trinajstić information content (AvgIpc) is 3.42. The molecule has 4 aromatic carbocycles. The van der Waals surface area contributed by atoms with Crippen LogP contribution in [0.5, 0.6) is 0 Å². The van der Waals surface area contributed by atoms with Crippen LogP contribution in [0.25, 0.3) is 60.4 Å². The molecule has 0 fully saturated rings. The topological polar surface area (TPSA) is 43.3 Å². The number of benzene rings is 4. The molecule has 0 spiro atoms. The third-order valence-electron chi connectivity index (χ3n) is 6.33. The molecule has 0 N–H and O–H groups in total. The Hall–Kier alpha value is -4.88. The molecule has 0 atom stereocenters. The second kappa shape index (κ2) is 12.3. The summed E-state index contributed by atoms with van der Waals surface area (Å²) in [6.07, 6.45) is 3.59. The first-order valence-electron chi connectivity index (χ1n) is 12.4. The average molecular weight is 692 g/mol. The number of hydrogen-bond donors (Lipinski definition) is 0. The van der Waals surface area contributed by atoms with E-state index >= 15 is 0 Å². The van der Waals surface area contributed by atoms with E-state index in [4.69, 9.17) is 11.0 Å². The van der Waals surface area contributed by atoms with E-state index in [-0.39, 0.29) is 20.1 Å². The van der Waals surface area contributed by atoms with E-state index in [9.17, 15) is 0 Å². The fraction of sp³-hybridized carbons (Fsp3) is 0. The number of furan rings is 1. The predicted octanol–water partition coefficient (Wildman–Crippen LogP) is 9.21. The van der Waals surface area contributed by atoms with E-state index in [0.717, 1.165) is 44.4 Å². The zero-order chi connectivity index (χ0) is 26.4. The third kappa shape index (κ3) is 5.46. The summed E-state index contributed by atoms with van der Waals surface area (Å²) in [6.45, 7) is 7.44. The van der Waals surface area contributed by atoms with Crippen molar-refractivity contribution >= 4 is 27.6 Å². The summed E-state index contributed by atoms with van der Waals surface area (Å²) in [7, 11) is 0. The molecule has 0 aliphatic carbocycles. The summed E-state index contributed by atoms with van der Waals surface area (Å²) in [4.78, 5) is 12.4. The van der Waals surface area contributed by atoms with E-state index in [2.05, 4.69) is 39.1 Å². The summed E-state index contributed by atoms with van der Waals surface area (Å²) in [5.41, 5.74) is 7.84. The normalized spacial score (nSPS) is 10.3. The fourth-order valence-corrected chi connectivity index (χ4v) is 4.51. The Balaban J connectivity index is 0.000000209. The van der Waals surface area contributed by atoms with Crippen molar-refractivity contribution in [2.24, 2.45) is 0 Å². The Morgan fingerprint density at radius 3 is 2.27 bits per heavy atom. The van der Waals surface area contributed by atoms with Gasteiger partial charge in [-0.15, -0.1) is 54.1 Å². The van der Waals surface area contributed by atoms with Gasteiger partial charge in [-0.05, 0) is 40.7 Å². The van der Waals surface area contributed by atoms with E-state index in [1.165, 1.54) is 0 Å². The van der Waals surface area contributed by atoms with Crippen LogP contribution in [0, 0.1) is 18.7 Å². The van der Waals surface area contributed by atoms with E-state index in [0.29, 0.717) is 16.9 Å². The Morgan fingerprint density at radius 2 is 1.50 bits per heavy atom. The van der Waals surface area contributed by atoms with Crippen LogP contribution in [-0.4, -0.2) is 9.97 Å². The van der Waals surface area contributed by atoms with Gasteiger partial charge < -0.3 is 14.4 Å². The minimum absolute atomic E-state index is 0. The van der Waals surface area contributed by atoms with Gasteiger partial charge in [0.2, 0.25) is 0 Å². The Morgan fingerprint density at radius 1 is 0.675 bits per heavy atom. The summed E-state index contributed by atoms with van der Waals surface area (Å²) in [5.74, 6) is 0. The van der Waals surface area contributed by atoms with Gasteiger partial charge in [0.05, 0.1) is 12.2 Å². The van der Waals surface area contributed by atoms with Gasteiger partial charge in [0, 0.05) is 37.9 Å². The number of rotatable bonds is 3. The van der Waals surface area contributed by atoms with Crippen LogP contribution in [0.15, 0.2) is 132 Å². The molecule has 40 heavy (non-hydrogen) atoms. The molecular weight excluding hydrogens is 671 g/mol. The minimum Gasteiger partial charge on any atom is -0.502 e. The van der Waals surface area contributed by atoms with E-state index < -0.39 is 0 Å². The molecule has 5 heteroatoms. The fourth-order valence-electron chi connectivity index (χ4n) is 4.51. The second-order valence-electron chi connectivity index (χ2n) is 8.75. The number of aromatic nitrogens is 2.